The van der Waals surface area contributed by atoms with Crippen LogP contribution in [-0.4, -0.2) is 31.8 Å². The lowest BCUT2D eigenvalue weighted by atomic mass is 10.4. The number of rotatable bonds is 6. The van der Waals surface area contributed by atoms with E-state index in [9.17, 15) is 8.42 Å². The molecule has 0 aliphatic heterocycles. The first kappa shape index (κ1) is 16.6. The summed E-state index contributed by atoms with van der Waals surface area (Å²) in [7, 11) is -0.302. The van der Waals surface area contributed by atoms with Crippen molar-refractivity contribution in [2.24, 2.45) is 0 Å². The third-order valence-electron chi connectivity index (χ3n) is 2.96. The number of furan rings is 1. The molecular weight excluding hydrogens is 378 g/mol. The molecule has 21 heavy (non-hydrogen) atoms. The fourth-order valence-corrected chi connectivity index (χ4v) is 4.78. The lowest BCUT2D eigenvalue weighted by molar-refractivity contribution is 0.455. The van der Waals surface area contributed by atoms with Crippen molar-refractivity contribution in [1.82, 2.24) is 14.6 Å². The Hall–Kier alpha value is -0.740. The van der Waals surface area contributed by atoms with E-state index in [1.807, 2.05) is 6.92 Å². The Morgan fingerprint density at radius 1 is 1.52 bits per heavy atom. The molecule has 0 saturated carbocycles. The van der Waals surface area contributed by atoms with Gasteiger partial charge < -0.3 is 9.73 Å². The van der Waals surface area contributed by atoms with E-state index in [2.05, 4.69) is 26.2 Å². The van der Waals surface area contributed by atoms with Gasteiger partial charge in [-0.2, -0.15) is 4.31 Å². The van der Waals surface area contributed by atoms with Crippen LogP contribution in [0.1, 0.15) is 16.3 Å². The van der Waals surface area contributed by atoms with Crippen LogP contribution in [0.25, 0.3) is 0 Å². The highest BCUT2D eigenvalue weighted by molar-refractivity contribution is 9.10. The number of halogens is 1. The van der Waals surface area contributed by atoms with Crippen molar-refractivity contribution in [3.63, 3.8) is 0 Å². The van der Waals surface area contributed by atoms with E-state index in [4.69, 9.17) is 4.42 Å². The number of thiazole rings is 1. The van der Waals surface area contributed by atoms with Crippen molar-refractivity contribution >= 4 is 37.3 Å². The fraction of sp³-hybridized carbons (Fsp3) is 0.417. The summed E-state index contributed by atoms with van der Waals surface area (Å²) in [4.78, 5) is 5.19. The first-order chi connectivity index (χ1) is 9.86. The third-order valence-corrected chi connectivity index (χ3v) is 6.54. The number of nitrogens with one attached hydrogen (secondary N) is 1. The maximum atomic E-state index is 12.6. The zero-order valence-corrected chi connectivity index (χ0v) is 15.1. The Bertz CT molecular complexity index is 724. The van der Waals surface area contributed by atoms with Crippen LogP contribution in [0.3, 0.4) is 0 Å². The van der Waals surface area contributed by atoms with Crippen LogP contribution < -0.4 is 5.32 Å². The quantitative estimate of drug-likeness (QED) is 0.814. The zero-order valence-electron chi connectivity index (χ0n) is 11.9. The highest BCUT2D eigenvalue weighted by Gasteiger charge is 2.27. The highest BCUT2D eigenvalue weighted by atomic mass is 79.9. The third kappa shape index (κ3) is 3.54. The first-order valence-electron chi connectivity index (χ1n) is 6.14. The predicted octanol–water partition coefficient (Wildman–Crippen LogP) is 2.35. The van der Waals surface area contributed by atoms with Crippen LogP contribution in [0.5, 0.6) is 0 Å². The van der Waals surface area contributed by atoms with Crippen molar-refractivity contribution in [3.8, 4) is 0 Å². The lowest BCUT2D eigenvalue weighted by Crippen LogP contribution is -2.26. The first-order valence-corrected chi connectivity index (χ1v) is 9.25. The Balaban J connectivity index is 2.26. The molecule has 0 amide bonds. The minimum atomic E-state index is -3.62. The molecule has 0 aliphatic rings. The van der Waals surface area contributed by atoms with Gasteiger partial charge in [-0.25, -0.2) is 13.4 Å². The Morgan fingerprint density at radius 2 is 2.24 bits per heavy atom. The summed E-state index contributed by atoms with van der Waals surface area (Å²) >= 11 is 4.62. The summed E-state index contributed by atoms with van der Waals surface area (Å²) in [6.07, 6.45) is 0. The van der Waals surface area contributed by atoms with Gasteiger partial charge in [0, 0.05) is 24.5 Å². The van der Waals surface area contributed by atoms with Gasteiger partial charge in [0.25, 0.3) is 0 Å². The van der Waals surface area contributed by atoms with Crippen molar-refractivity contribution in [2.75, 3.05) is 14.1 Å². The Morgan fingerprint density at radius 3 is 2.81 bits per heavy atom. The smallest absolute Gasteiger partial charge is 0.247 e. The summed E-state index contributed by atoms with van der Waals surface area (Å²) < 4.78 is 32.1. The van der Waals surface area contributed by atoms with Gasteiger partial charge >= 0.3 is 0 Å². The molecule has 0 atom stereocenters. The molecule has 2 rings (SSSR count). The van der Waals surface area contributed by atoms with Gasteiger partial charge in [0.15, 0.2) is 4.67 Å². The number of hydrogen-bond acceptors (Lipinski definition) is 6. The molecule has 0 unspecified atom stereocenters. The van der Waals surface area contributed by atoms with Crippen LogP contribution in [0.2, 0.25) is 0 Å². The largest absolute Gasteiger partial charge is 0.452 e. The van der Waals surface area contributed by atoms with Crippen LogP contribution in [-0.2, 0) is 23.1 Å². The van der Waals surface area contributed by atoms with E-state index in [0.29, 0.717) is 12.3 Å². The van der Waals surface area contributed by atoms with Crippen LogP contribution in [0.15, 0.2) is 25.6 Å². The maximum Gasteiger partial charge on any atom is 0.247 e. The molecule has 0 radical (unpaired) electrons. The number of aryl methyl sites for hydroxylation is 1. The average Bonchev–Trinajstić information content (AvgIpc) is 2.97. The average molecular weight is 394 g/mol. The normalized spacial score (nSPS) is 12.2. The van der Waals surface area contributed by atoms with E-state index in [0.717, 1.165) is 10.6 Å². The van der Waals surface area contributed by atoms with Gasteiger partial charge in [0.1, 0.15) is 10.7 Å². The van der Waals surface area contributed by atoms with Gasteiger partial charge in [-0.05, 0) is 29.9 Å². The van der Waals surface area contributed by atoms with Crippen LogP contribution in [0, 0.1) is 6.92 Å². The maximum absolute atomic E-state index is 12.6. The molecule has 1 N–H and O–H groups in total. The molecule has 6 nitrogen and oxygen atoms in total. The van der Waals surface area contributed by atoms with Crippen LogP contribution in [0.4, 0.5) is 0 Å². The summed E-state index contributed by atoms with van der Waals surface area (Å²) in [6, 6.07) is 1.53. The number of sulfonamides is 1. The van der Waals surface area contributed by atoms with E-state index in [1.54, 1.807) is 19.6 Å². The monoisotopic (exact) mass is 393 g/mol. The van der Waals surface area contributed by atoms with Crippen molar-refractivity contribution in [3.05, 3.63) is 32.6 Å². The van der Waals surface area contributed by atoms with Gasteiger partial charge in [-0.15, -0.1) is 11.3 Å². The van der Waals surface area contributed by atoms with Gasteiger partial charge in [0.2, 0.25) is 10.0 Å². The molecular formula is C12H16BrN3O3S2. The topological polar surface area (TPSA) is 75.4 Å². The minimum Gasteiger partial charge on any atom is -0.452 e. The van der Waals surface area contributed by atoms with Crippen LogP contribution >= 0.6 is 27.3 Å². The SMILES string of the molecule is CNCc1cc(S(=O)(=O)N(C)Cc2scnc2C)c(Br)o1. The Labute approximate surface area is 136 Å². The lowest BCUT2D eigenvalue weighted by Gasteiger charge is -2.15. The second kappa shape index (κ2) is 6.57. The van der Waals surface area contributed by atoms with Gasteiger partial charge in [0.05, 0.1) is 17.7 Å². The molecule has 0 aliphatic carbocycles. The zero-order chi connectivity index (χ0) is 15.6. The predicted molar refractivity (Wildman–Crippen MR) is 84.7 cm³/mol. The number of aromatic nitrogens is 1. The summed E-state index contributed by atoms with van der Waals surface area (Å²) in [6.45, 7) is 2.62. The van der Waals surface area contributed by atoms with E-state index < -0.39 is 10.0 Å². The van der Waals surface area contributed by atoms with Gasteiger partial charge in [-0.1, -0.05) is 0 Å². The molecule has 0 aromatic carbocycles. The van der Waals surface area contributed by atoms with Gasteiger partial charge in [-0.3, -0.25) is 0 Å². The molecule has 2 heterocycles. The molecule has 2 aromatic rings. The molecule has 116 valence electrons. The summed E-state index contributed by atoms with van der Waals surface area (Å²) in [5.74, 6) is 0.560. The number of nitrogens with zero attached hydrogens (tertiary/aromatic N) is 2. The molecule has 0 fully saturated rings. The van der Waals surface area contributed by atoms with E-state index in [-0.39, 0.29) is 16.1 Å². The van der Waals surface area contributed by atoms with Crippen molar-refractivity contribution in [1.29, 1.82) is 0 Å². The minimum absolute atomic E-state index is 0.136. The summed E-state index contributed by atoms with van der Waals surface area (Å²) in [5.41, 5.74) is 2.56. The molecule has 0 bridgehead atoms. The molecule has 0 saturated heterocycles. The second-order valence-electron chi connectivity index (χ2n) is 4.50. The Kier molecular flexibility index (Phi) is 5.20. The molecule has 2 aromatic heterocycles. The summed E-state index contributed by atoms with van der Waals surface area (Å²) in [5, 5.41) is 2.92. The number of hydrogen-bond donors (Lipinski definition) is 1. The van der Waals surface area contributed by atoms with Crippen molar-refractivity contribution < 1.29 is 12.8 Å². The highest BCUT2D eigenvalue weighted by Crippen LogP contribution is 2.29. The molecule has 0 spiro atoms. The second-order valence-corrected chi connectivity index (χ2v) is 8.18. The van der Waals surface area contributed by atoms with E-state index in [1.165, 1.54) is 21.7 Å². The fourth-order valence-electron chi connectivity index (χ4n) is 1.77. The molecule has 9 heteroatoms. The van der Waals surface area contributed by atoms with E-state index >= 15 is 0 Å². The van der Waals surface area contributed by atoms with Crippen molar-refractivity contribution in [2.45, 2.75) is 24.9 Å². The standard InChI is InChI=1S/C12H16BrN3O3S2/c1-8-10(20-7-15-8)6-16(3)21(17,18)11-4-9(5-14-2)19-12(11)13/h4,7,14H,5-6H2,1-3H3.